The van der Waals surface area contributed by atoms with Gasteiger partial charge in [0.2, 0.25) is 0 Å². The zero-order valence-electron chi connectivity index (χ0n) is 15.1. The van der Waals surface area contributed by atoms with E-state index in [1.54, 1.807) is 11.3 Å². The van der Waals surface area contributed by atoms with Crippen LogP contribution in [-0.4, -0.2) is 53.2 Å². The molecule has 1 aliphatic heterocycles. The highest BCUT2D eigenvalue weighted by molar-refractivity contribution is 7.18. The third kappa shape index (κ3) is 3.92. The zero-order valence-corrected chi connectivity index (χ0v) is 15.9. The summed E-state index contributed by atoms with van der Waals surface area (Å²) in [4.78, 5) is 19.6. The predicted octanol–water partition coefficient (Wildman–Crippen LogP) is 3.14. The average Bonchev–Trinajstić information content (AvgIpc) is 3.31. The summed E-state index contributed by atoms with van der Waals surface area (Å²) >= 11 is 1.73. The Hall–Kier alpha value is -1.50. The summed E-state index contributed by atoms with van der Waals surface area (Å²) in [5, 5.41) is 13.4. The van der Waals surface area contributed by atoms with Crippen LogP contribution in [0.2, 0.25) is 0 Å². The summed E-state index contributed by atoms with van der Waals surface area (Å²) in [5.74, 6) is 0.546. The van der Waals surface area contributed by atoms with E-state index >= 15 is 0 Å². The van der Waals surface area contributed by atoms with E-state index in [0.717, 1.165) is 61.1 Å². The Balaban J connectivity index is 1.45. The first kappa shape index (κ1) is 17.9. The van der Waals surface area contributed by atoms with Crippen LogP contribution < -0.4 is 5.32 Å². The maximum atomic E-state index is 12.5. The molecule has 26 heavy (non-hydrogen) atoms. The number of hydrogen-bond acceptors (Lipinski definition) is 5. The van der Waals surface area contributed by atoms with Crippen molar-refractivity contribution in [2.45, 2.75) is 50.5 Å². The topological polar surface area (TPSA) is 65.5 Å². The number of likely N-dealkylation sites (tertiary alicyclic amines) is 1. The minimum atomic E-state index is 0.0473. The lowest BCUT2D eigenvalue weighted by atomic mass is 9.97. The van der Waals surface area contributed by atoms with Gasteiger partial charge in [0.05, 0.1) is 21.8 Å². The average molecular weight is 374 g/mol. The van der Waals surface area contributed by atoms with Crippen LogP contribution in [0, 0.1) is 0 Å². The van der Waals surface area contributed by atoms with E-state index in [4.69, 9.17) is 10.1 Å². The molecule has 1 saturated carbocycles. The summed E-state index contributed by atoms with van der Waals surface area (Å²) in [7, 11) is 0. The first-order valence-corrected chi connectivity index (χ1v) is 10.6. The molecule has 0 unspecified atom stereocenters. The Kier molecular flexibility index (Phi) is 5.52. The van der Waals surface area contributed by atoms with E-state index < -0.39 is 0 Å². The van der Waals surface area contributed by atoms with Gasteiger partial charge in [0.1, 0.15) is 0 Å². The highest BCUT2D eigenvalue weighted by Gasteiger charge is 2.23. The van der Waals surface area contributed by atoms with Crippen LogP contribution in [0.4, 0.5) is 0 Å². The van der Waals surface area contributed by atoms with Gasteiger partial charge >= 0.3 is 0 Å². The van der Waals surface area contributed by atoms with Gasteiger partial charge in [-0.05, 0) is 57.0 Å². The van der Waals surface area contributed by atoms with Gasteiger partial charge < -0.3 is 15.3 Å². The SMILES string of the molecule is O=C(NC1CCCC1)c1ccc2nc(C3CCN(CCO)CC3)sc2c1. The minimum absolute atomic E-state index is 0.0473. The van der Waals surface area contributed by atoms with Crippen molar-refractivity contribution >= 4 is 27.5 Å². The predicted molar refractivity (Wildman–Crippen MR) is 105 cm³/mol. The molecule has 6 heteroatoms. The Bertz CT molecular complexity index is 762. The van der Waals surface area contributed by atoms with E-state index in [1.807, 2.05) is 18.2 Å². The van der Waals surface area contributed by atoms with Crippen molar-refractivity contribution in [1.82, 2.24) is 15.2 Å². The van der Waals surface area contributed by atoms with E-state index in [9.17, 15) is 4.79 Å². The standard InChI is InChI=1S/C20H27N3O2S/c24-12-11-23-9-7-14(8-10-23)20-22-17-6-5-15(13-18(17)26-20)19(25)21-16-3-1-2-4-16/h5-6,13-14,16,24H,1-4,7-12H2,(H,21,25). The fraction of sp³-hybridized carbons (Fsp3) is 0.600. The van der Waals surface area contributed by atoms with E-state index in [2.05, 4.69) is 10.2 Å². The number of amides is 1. The van der Waals surface area contributed by atoms with Crippen molar-refractivity contribution in [2.24, 2.45) is 0 Å². The molecule has 1 saturated heterocycles. The van der Waals surface area contributed by atoms with Gasteiger partial charge in [-0.1, -0.05) is 12.8 Å². The molecule has 140 valence electrons. The van der Waals surface area contributed by atoms with Crippen molar-refractivity contribution in [3.63, 3.8) is 0 Å². The molecular weight excluding hydrogens is 346 g/mol. The molecule has 4 rings (SSSR count). The number of hydrogen-bond donors (Lipinski definition) is 2. The van der Waals surface area contributed by atoms with Gasteiger partial charge in [0, 0.05) is 24.1 Å². The van der Waals surface area contributed by atoms with Crippen LogP contribution in [0.15, 0.2) is 18.2 Å². The summed E-state index contributed by atoms with van der Waals surface area (Å²) in [5.41, 5.74) is 1.75. The lowest BCUT2D eigenvalue weighted by Crippen LogP contribution is -2.34. The van der Waals surface area contributed by atoms with E-state index in [0.29, 0.717) is 12.0 Å². The summed E-state index contributed by atoms with van der Waals surface area (Å²) in [6.45, 7) is 3.05. The largest absolute Gasteiger partial charge is 0.395 e. The first-order chi connectivity index (χ1) is 12.7. The number of carbonyl (C=O) groups is 1. The lowest BCUT2D eigenvalue weighted by Gasteiger charge is -2.30. The number of thiazole rings is 1. The van der Waals surface area contributed by atoms with Crippen LogP contribution >= 0.6 is 11.3 Å². The Morgan fingerprint density at radius 1 is 1.23 bits per heavy atom. The normalized spacial score (nSPS) is 20.0. The van der Waals surface area contributed by atoms with E-state index in [1.165, 1.54) is 17.8 Å². The fourth-order valence-corrected chi connectivity index (χ4v) is 5.32. The Morgan fingerprint density at radius 3 is 2.73 bits per heavy atom. The number of β-amino-alcohol motifs (C(OH)–C–C–N with tert-alkyl or cyclic N) is 1. The van der Waals surface area contributed by atoms with Crippen LogP contribution in [0.25, 0.3) is 10.2 Å². The van der Waals surface area contributed by atoms with Crippen molar-refractivity contribution < 1.29 is 9.90 Å². The van der Waals surface area contributed by atoms with E-state index in [-0.39, 0.29) is 12.5 Å². The molecular formula is C20H27N3O2S. The molecule has 1 amide bonds. The summed E-state index contributed by atoms with van der Waals surface area (Å²) in [6.07, 6.45) is 6.84. The Morgan fingerprint density at radius 2 is 2.00 bits per heavy atom. The number of aromatic nitrogens is 1. The molecule has 2 N–H and O–H groups in total. The highest BCUT2D eigenvalue weighted by atomic mass is 32.1. The summed E-state index contributed by atoms with van der Waals surface area (Å²) < 4.78 is 1.11. The van der Waals surface area contributed by atoms with Crippen molar-refractivity contribution in [1.29, 1.82) is 0 Å². The highest BCUT2D eigenvalue weighted by Crippen LogP contribution is 2.34. The summed E-state index contributed by atoms with van der Waals surface area (Å²) in [6, 6.07) is 6.24. The molecule has 2 heterocycles. The molecule has 0 spiro atoms. The van der Waals surface area contributed by atoms with Crippen molar-refractivity contribution in [3.8, 4) is 0 Å². The number of rotatable bonds is 5. The second-order valence-electron chi connectivity index (χ2n) is 7.53. The lowest BCUT2D eigenvalue weighted by molar-refractivity contribution is 0.0938. The van der Waals surface area contributed by atoms with Crippen molar-refractivity contribution in [3.05, 3.63) is 28.8 Å². The molecule has 2 aromatic rings. The van der Waals surface area contributed by atoms with Gasteiger partial charge in [-0.25, -0.2) is 4.98 Å². The minimum Gasteiger partial charge on any atom is -0.395 e. The molecule has 2 fully saturated rings. The Labute approximate surface area is 158 Å². The van der Waals surface area contributed by atoms with Gasteiger partial charge in [-0.15, -0.1) is 11.3 Å². The number of piperidine rings is 1. The van der Waals surface area contributed by atoms with Crippen LogP contribution in [0.3, 0.4) is 0 Å². The molecule has 1 aliphatic carbocycles. The number of benzene rings is 1. The molecule has 1 aromatic carbocycles. The number of nitrogens with zero attached hydrogens (tertiary/aromatic N) is 2. The number of carbonyl (C=O) groups excluding carboxylic acids is 1. The smallest absolute Gasteiger partial charge is 0.251 e. The number of aliphatic hydroxyl groups excluding tert-OH is 1. The number of fused-ring (bicyclic) bond motifs is 1. The molecule has 2 aliphatic rings. The van der Waals surface area contributed by atoms with Crippen LogP contribution in [0.1, 0.15) is 59.8 Å². The maximum Gasteiger partial charge on any atom is 0.251 e. The van der Waals surface area contributed by atoms with Crippen molar-refractivity contribution in [2.75, 3.05) is 26.2 Å². The zero-order chi connectivity index (χ0) is 17.9. The van der Waals surface area contributed by atoms with Gasteiger partial charge in [0.15, 0.2) is 0 Å². The molecule has 0 radical (unpaired) electrons. The first-order valence-electron chi connectivity index (χ1n) is 9.77. The van der Waals surface area contributed by atoms with Gasteiger partial charge in [-0.3, -0.25) is 4.79 Å². The quantitative estimate of drug-likeness (QED) is 0.845. The monoisotopic (exact) mass is 373 g/mol. The number of aliphatic hydroxyl groups is 1. The molecule has 5 nitrogen and oxygen atoms in total. The second-order valence-corrected chi connectivity index (χ2v) is 8.59. The molecule has 1 aromatic heterocycles. The number of nitrogens with one attached hydrogen (secondary N) is 1. The second kappa shape index (κ2) is 8.03. The third-order valence-electron chi connectivity index (χ3n) is 5.71. The van der Waals surface area contributed by atoms with Crippen LogP contribution in [-0.2, 0) is 0 Å². The van der Waals surface area contributed by atoms with Gasteiger partial charge in [0.25, 0.3) is 5.91 Å². The maximum absolute atomic E-state index is 12.5. The van der Waals surface area contributed by atoms with Crippen LogP contribution in [0.5, 0.6) is 0 Å². The molecule has 0 bridgehead atoms. The third-order valence-corrected chi connectivity index (χ3v) is 6.89. The van der Waals surface area contributed by atoms with Gasteiger partial charge in [-0.2, -0.15) is 0 Å². The molecule has 0 atom stereocenters. The fourth-order valence-electron chi connectivity index (χ4n) is 4.14.